The summed E-state index contributed by atoms with van der Waals surface area (Å²) in [5, 5.41) is 2.45. The minimum atomic E-state index is -0.981. The lowest BCUT2D eigenvalue weighted by molar-refractivity contribution is -0.132. The molecule has 31 heavy (non-hydrogen) atoms. The summed E-state index contributed by atoms with van der Waals surface area (Å²) >= 11 is 5.94. The quantitative estimate of drug-likeness (QED) is 0.757. The fourth-order valence-electron chi connectivity index (χ4n) is 3.20. The first-order chi connectivity index (χ1) is 14.8. The number of benzene rings is 2. The molecule has 0 atom stereocenters. The lowest BCUT2D eigenvalue weighted by atomic mass is 10.1. The predicted octanol–water partition coefficient (Wildman–Crippen LogP) is 2.86. The number of halogens is 4. The summed E-state index contributed by atoms with van der Waals surface area (Å²) in [5.74, 6) is -3.62. The number of nitrogens with one attached hydrogen (secondary N) is 1. The lowest BCUT2D eigenvalue weighted by Gasteiger charge is -2.35. The molecule has 2 aromatic rings. The lowest BCUT2D eigenvalue weighted by Crippen LogP contribution is -2.51. The molecule has 0 bridgehead atoms. The van der Waals surface area contributed by atoms with E-state index in [0.717, 1.165) is 24.3 Å². The van der Waals surface area contributed by atoms with Crippen LogP contribution in [-0.2, 0) is 4.79 Å². The van der Waals surface area contributed by atoms with Crippen molar-refractivity contribution in [3.05, 3.63) is 70.0 Å². The first-order valence-electron chi connectivity index (χ1n) is 9.51. The van der Waals surface area contributed by atoms with Gasteiger partial charge in [-0.3, -0.25) is 14.4 Å². The predicted molar refractivity (Wildman–Crippen MR) is 107 cm³/mol. The number of amides is 3. The molecule has 0 spiro atoms. The highest BCUT2D eigenvalue weighted by Gasteiger charge is 2.26. The molecule has 0 unspecified atom stereocenters. The third-order valence-electron chi connectivity index (χ3n) is 4.88. The molecule has 2 aromatic carbocycles. The van der Waals surface area contributed by atoms with Gasteiger partial charge >= 0.3 is 0 Å². The maximum atomic E-state index is 13.6. The molecule has 6 nitrogen and oxygen atoms in total. The molecule has 1 heterocycles. The van der Waals surface area contributed by atoms with E-state index in [9.17, 15) is 27.6 Å². The summed E-state index contributed by atoms with van der Waals surface area (Å²) < 4.78 is 39.7. The molecule has 10 heteroatoms. The molecule has 0 saturated carbocycles. The number of carbonyl (C=O) groups is 3. The average molecular weight is 454 g/mol. The van der Waals surface area contributed by atoms with Crippen LogP contribution in [-0.4, -0.2) is 60.2 Å². The average Bonchev–Trinajstić information content (AvgIpc) is 2.73. The van der Waals surface area contributed by atoms with E-state index in [-0.39, 0.29) is 54.0 Å². The van der Waals surface area contributed by atoms with E-state index in [1.807, 2.05) is 0 Å². The first kappa shape index (κ1) is 22.6. The zero-order valence-electron chi connectivity index (χ0n) is 16.3. The Kier molecular flexibility index (Phi) is 7.17. The standard InChI is InChI=1S/C21H19ClF3N3O3/c22-17-11-13(23)1-3-15(17)21(31)28-9-7-27(8-10-28)19(29)5-6-26-20(30)16-4-2-14(24)12-18(16)25/h1-4,11-12H,5-10H2,(H,26,30). The van der Waals surface area contributed by atoms with E-state index in [0.29, 0.717) is 19.2 Å². The van der Waals surface area contributed by atoms with Gasteiger partial charge in [0.15, 0.2) is 0 Å². The summed E-state index contributed by atoms with van der Waals surface area (Å²) in [7, 11) is 0. The van der Waals surface area contributed by atoms with Crippen molar-refractivity contribution in [1.29, 1.82) is 0 Å². The van der Waals surface area contributed by atoms with Crippen molar-refractivity contribution in [2.45, 2.75) is 6.42 Å². The fraction of sp³-hybridized carbons (Fsp3) is 0.286. The summed E-state index contributed by atoms with van der Waals surface area (Å²) in [5.41, 5.74) is -0.112. The van der Waals surface area contributed by atoms with Gasteiger partial charge in [0.25, 0.3) is 11.8 Å². The van der Waals surface area contributed by atoms with Crippen molar-refractivity contribution in [2.24, 2.45) is 0 Å². The normalized spacial score (nSPS) is 13.8. The van der Waals surface area contributed by atoms with Crippen LogP contribution in [0.2, 0.25) is 5.02 Å². The molecular weight excluding hydrogens is 435 g/mol. The van der Waals surface area contributed by atoms with Crippen LogP contribution in [0, 0.1) is 17.5 Å². The number of nitrogens with zero attached hydrogens (tertiary/aromatic N) is 2. The van der Waals surface area contributed by atoms with Crippen LogP contribution in [0.3, 0.4) is 0 Å². The largest absolute Gasteiger partial charge is 0.351 e. The second-order valence-electron chi connectivity index (χ2n) is 6.93. The van der Waals surface area contributed by atoms with Crippen LogP contribution in [0.5, 0.6) is 0 Å². The summed E-state index contributed by atoms with van der Waals surface area (Å²) in [6, 6.07) is 6.17. The smallest absolute Gasteiger partial charge is 0.255 e. The Balaban J connectivity index is 1.46. The van der Waals surface area contributed by atoms with Crippen molar-refractivity contribution < 1.29 is 27.6 Å². The molecular formula is C21H19ClF3N3O3. The second kappa shape index (κ2) is 9.82. The van der Waals surface area contributed by atoms with Crippen LogP contribution in [0.1, 0.15) is 27.1 Å². The SMILES string of the molecule is O=C(NCCC(=O)N1CCN(C(=O)c2ccc(F)cc2Cl)CC1)c1ccc(F)cc1F. The number of piperazine rings is 1. The maximum Gasteiger partial charge on any atom is 0.255 e. The van der Waals surface area contributed by atoms with Gasteiger partial charge in [0.05, 0.1) is 16.1 Å². The van der Waals surface area contributed by atoms with Crippen LogP contribution in [0.4, 0.5) is 13.2 Å². The summed E-state index contributed by atoms with van der Waals surface area (Å²) in [6.45, 7) is 1.14. The van der Waals surface area contributed by atoms with E-state index in [4.69, 9.17) is 11.6 Å². The van der Waals surface area contributed by atoms with Crippen molar-refractivity contribution in [3.8, 4) is 0 Å². The molecule has 164 valence electrons. The third-order valence-corrected chi connectivity index (χ3v) is 5.19. The fourth-order valence-corrected chi connectivity index (χ4v) is 3.45. The molecule has 1 saturated heterocycles. The van der Waals surface area contributed by atoms with Gasteiger partial charge in [0.1, 0.15) is 17.5 Å². The monoisotopic (exact) mass is 453 g/mol. The van der Waals surface area contributed by atoms with Gasteiger partial charge in [0.2, 0.25) is 5.91 Å². The van der Waals surface area contributed by atoms with Gasteiger partial charge in [-0.2, -0.15) is 0 Å². The first-order valence-corrected chi connectivity index (χ1v) is 9.89. The molecule has 1 aliphatic rings. The van der Waals surface area contributed by atoms with Crippen molar-refractivity contribution in [1.82, 2.24) is 15.1 Å². The van der Waals surface area contributed by atoms with Crippen LogP contribution in [0.25, 0.3) is 0 Å². The van der Waals surface area contributed by atoms with Gasteiger partial charge in [-0.05, 0) is 30.3 Å². The zero-order valence-corrected chi connectivity index (χ0v) is 17.1. The van der Waals surface area contributed by atoms with E-state index in [2.05, 4.69) is 5.32 Å². The molecule has 1 fully saturated rings. The van der Waals surface area contributed by atoms with E-state index >= 15 is 0 Å². The van der Waals surface area contributed by atoms with Gasteiger partial charge in [0, 0.05) is 45.2 Å². The topological polar surface area (TPSA) is 69.7 Å². The van der Waals surface area contributed by atoms with Gasteiger partial charge < -0.3 is 15.1 Å². The Morgan fingerprint density at radius 3 is 2.06 bits per heavy atom. The van der Waals surface area contributed by atoms with Crippen LogP contribution >= 0.6 is 11.6 Å². The summed E-state index contributed by atoms with van der Waals surface area (Å²) in [6.07, 6.45) is -0.00765. The Bertz CT molecular complexity index is 1010. The van der Waals surface area contributed by atoms with Crippen molar-refractivity contribution >= 4 is 29.3 Å². The van der Waals surface area contributed by atoms with Crippen LogP contribution < -0.4 is 5.32 Å². The van der Waals surface area contributed by atoms with Crippen molar-refractivity contribution in [3.63, 3.8) is 0 Å². The Morgan fingerprint density at radius 1 is 0.871 bits per heavy atom. The van der Waals surface area contributed by atoms with E-state index in [1.54, 1.807) is 4.90 Å². The van der Waals surface area contributed by atoms with Gasteiger partial charge in [-0.15, -0.1) is 0 Å². The molecule has 0 aliphatic carbocycles. The van der Waals surface area contributed by atoms with Crippen LogP contribution in [0.15, 0.2) is 36.4 Å². The number of rotatable bonds is 5. The highest BCUT2D eigenvalue weighted by atomic mass is 35.5. The highest BCUT2D eigenvalue weighted by molar-refractivity contribution is 6.33. The number of hydrogen-bond donors (Lipinski definition) is 1. The highest BCUT2D eigenvalue weighted by Crippen LogP contribution is 2.20. The van der Waals surface area contributed by atoms with Gasteiger partial charge in [-0.1, -0.05) is 11.6 Å². The molecule has 0 aromatic heterocycles. The van der Waals surface area contributed by atoms with Gasteiger partial charge in [-0.25, -0.2) is 13.2 Å². The Labute approximate surface area is 181 Å². The molecule has 1 N–H and O–H groups in total. The molecule has 0 radical (unpaired) electrons. The molecule has 3 rings (SSSR count). The maximum absolute atomic E-state index is 13.6. The second-order valence-corrected chi connectivity index (χ2v) is 7.33. The Hall–Kier alpha value is -3.07. The molecule has 1 aliphatic heterocycles. The summed E-state index contributed by atoms with van der Waals surface area (Å²) in [4.78, 5) is 39.9. The Morgan fingerprint density at radius 2 is 1.45 bits per heavy atom. The third kappa shape index (κ3) is 5.55. The number of hydrogen-bond acceptors (Lipinski definition) is 3. The minimum Gasteiger partial charge on any atom is -0.351 e. The van der Waals surface area contributed by atoms with Crippen molar-refractivity contribution in [2.75, 3.05) is 32.7 Å². The number of carbonyl (C=O) groups excluding carboxylic acids is 3. The minimum absolute atomic E-state index is 0.00765. The van der Waals surface area contributed by atoms with E-state index in [1.165, 1.54) is 11.0 Å². The van der Waals surface area contributed by atoms with E-state index < -0.39 is 23.4 Å². The zero-order chi connectivity index (χ0) is 22.5. The molecule has 3 amide bonds.